The monoisotopic (exact) mass is 348 g/mol. The van der Waals surface area contributed by atoms with E-state index in [1.165, 1.54) is 0 Å². The summed E-state index contributed by atoms with van der Waals surface area (Å²) in [6.07, 6.45) is 0. The Morgan fingerprint density at radius 1 is 1.53 bits per heavy atom. The highest BCUT2D eigenvalue weighted by Crippen LogP contribution is 2.20. The molecule has 0 spiro atoms. The lowest BCUT2D eigenvalue weighted by Crippen LogP contribution is -2.42. The third-order valence-corrected chi connectivity index (χ3v) is 3.47. The highest BCUT2D eigenvalue weighted by Gasteiger charge is 2.12. The molecule has 0 aliphatic heterocycles. The first kappa shape index (κ1) is 16.4. The predicted molar refractivity (Wildman–Crippen MR) is 80.3 cm³/mol. The van der Waals surface area contributed by atoms with Gasteiger partial charge in [0, 0.05) is 29.7 Å². The molecule has 0 bridgehead atoms. The van der Waals surface area contributed by atoms with E-state index < -0.39 is 0 Å². The summed E-state index contributed by atoms with van der Waals surface area (Å²) in [5.41, 5.74) is 0.951. The molecular weight excluding hydrogens is 332 g/mol. The van der Waals surface area contributed by atoms with Gasteiger partial charge in [-0.15, -0.1) is 0 Å². The van der Waals surface area contributed by atoms with Crippen molar-refractivity contribution in [3.8, 4) is 0 Å². The third kappa shape index (κ3) is 5.91. The zero-order valence-electron chi connectivity index (χ0n) is 11.0. The van der Waals surface area contributed by atoms with Crippen LogP contribution in [0.2, 0.25) is 5.02 Å². The number of benzene rings is 1. The van der Waals surface area contributed by atoms with Gasteiger partial charge in [-0.3, -0.25) is 4.79 Å². The minimum Gasteiger partial charge on any atom is -0.383 e. The predicted octanol–water partition coefficient (Wildman–Crippen LogP) is 2.34. The van der Waals surface area contributed by atoms with Crippen molar-refractivity contribution in [2.75, 3.05) is 20.3 Å². The number of halogens is 2. The van der Waals surface area contributed by atoms with Gasteiger partial charge in [-0.1, -0.05) is 27.5 Å². The smallest absolute Gasteiger partial charge is 0.236 e. The number of methoxy groups -OCH3 is 1. The van der Waals surface area contributed by atoms with Gasteiger partial charge in [0.05, 0.1) is 12.6 Å². The zero-order valence-corrected chi connectivity index (χ0v) is 13.3. The highest BCUT2D eigenvalue weighted by molar-refractivity contribution is 9.10. The molecule has 0 fully saturated rings. The van der Waals surface area contributed by atoms with E-state index in [1.807, 2.05) is 25.1 Å². The molecule has 0 aromatic heterocycles. The van der Waals surface area contributed by atoms with Crippen molar-refractivity contribution in [2.24, 2.45) is 0 Å². The highest BCUT2D eigenvalue weighted by atomic mass is 79.9. The number of rotatable bonds is 7. The quantitative estimate of drug-likeness (QED) is 0.743. The van der Waals surface area contributed by atoms with E-state index in [0.717, 1.165) is 10.0 Å². The van der Waals surface area contributed by atoms with E-state index in [4.69, 9.17) is 16.3 Å². The number of carbonyl (C=O) groups is 1. The Morgan fingerprint density at radius 2 is 2.26 bits per heavy atom. The molecule has 19 heavy (non-hydrogen) atoms. The van der Waals surface area contributed by atoms with Crippen LogP contribution in [-0.2, 0) is 16.1 Å². The van der Waals surface area contributed by atoms with Gasteiger partial charge in [0.25, 0.3) is 0 Å². The Labute approximate surface area is 127 Å². The number of hydrogen-bond acceptors (Lipinski definition) is 3. The molecule has 6 heteroatoms. The Morgan fingerprint density at radius 3 is 2.95 bits per heavy atom. The molecule has 1 unspecified atom stereocenters. The van der Waals surface area contributed by atoms with Gasteiger partial charge < -0.3 is 15.4 Å². The van der Waals surface area contributed by atoms with E-state index in [-0.39, 0.29) is 11.9 Å². The van der Waals surface area contributed by atoms with Gasteiger partial charge in [0.15, 0.2) is 0 Å². The molecule has 2 N–H and O–H groups in total. The van der Waals surface area contributed by atoms with Crippen LogP contribution >= 0.6 is 27.5 Å². The molecule has 1 atom stereocenters. The average Bonchev–Trinajstić information content (AvgIpc) is 2.39. The molecule has 1 aromatic carbocycles. The maximum absolute atomic E-state index is 11.7. The maximum Gasteiger partial charge on any atom is 0.236 e. The fourth-order valence-corrected chi connectivity index (χ4v) is 2.06. The Bertz CT molecular complexity index is 429. The summed E-state index contributed by atoms with van der Waals surface area (Å²) >= 11 is 9.48. The van der Waals surface area contributed by atoms with Gasteiger partial charge in [0.1, 0.15) is 0 Å². The van der Waals surface area contributed by atoms with Crippen LogP contribution in [0.25, 0.3) is 0 Å². The fraction of sp³-hybridized carbons (Fsp3) is 0.462. The molecule has 0 radical (unpaired) electrons. The maximum atomic E-state index is 11.7. The first-order valence-corrected chi connectivity index (χ1v) is 7.15. The molecule has 1 aromatic rings. The molecule has 0 aliphatic carbocycles. The zero-order chi connectivity index (χ0) is 14.3. The van der Waals surface area contributed by atoms with Crippen LogP contribution in [0.4, 0.5) is 0 Å². The number of carbonyl (C=O) groups excluding carboxylic acids is 1. The summed E-state index contributed by atoms with van der Waals surface area (Å²) in [7, 11) is 1.60. The second kappa shape index (κ2) is 8.53. The number of nitrogens with one attached hydrogen (secondary N) is 2. The van der Waals surface area contributed by atoms with Crippen molar-refractivity contribution in [2.45, 2.75) is 19.5 Å². The van der Waals surface area contributed by atoms with Crippen LogP contribution < -0.4 is 10.6 Å². The van der Waals surface area contributed by atoms with E-state index in [9.17, 15) is 4.79 Å². The van der Waals surface area contributed by atoms with Gasteiger partial charge in [-0.05, 0) is 30.7 Å². The molecule has 0 aliphatic rings. The first-order valence-electron chi connectivity index (χ1n) is 5.98. The van der Waals surface area contributed by atoms with E-state index >= 15 is 0 Å². The largest absolute Gasteiger partial charge is 0.383 e. The SMILES string of the molecule is COCCNC(=O)C(C)NCc1cc(Br)ccc1Cl. The minimum absolute atomic E-state index is 0.0526. The minimum atomic E-state index is -0.285. The number of ether oxygens (including phenoxy) is 1. The Balaban J connectivity index is 2.42. The molecule has 1 rings (SSSR count). The van der Waals surface area contributed by atoms with Crippen molar-refractivity contribution < 1.29 is 9.53 Å². The molecular formula is C13H18BrClN2O2. The van der Waals surface area contributed by atoms with Crippen LogP contribution in [0.5, 0.6) is 0 Å². The molecule has 0 heterocycles. The van der Waals surface area contributed by atoms with Crippen LogP contribution in [0, 0.1) is 0 Å². The standard InChI is InChI=1S/C13H18BrClN2O2/c1-9(13(18)16-5-6-19-2)17-8-10-7-11(14)3-4-12(10)15/h3-4,7,9,17H,5-6,8H2,1-2H3,(H,16,18). The van der Waals surface area contributed by atoms with E-state index in [1.54, 1.807) is 7.11 Å². The van der Waals surface area contributed by atoms with Crippen LogP contribution in [0.1, 0.15) is 12.5 Å². The molecule has 1 amide bonds. The van der Waals surface area contributed by atoms with Crippen molar-refractivity contribution in [3.05, 3.63) is 33.3 Å². The first-order chi connectivity index (χ1) is 9.04. The summed E-state index contributed by atoms with van der Waals surface area (Å²) < 4.78 is 5.84. The van der Waals surface area contributed by atoms with E-state index in [0.29, 0.717) is 24.7 Å². The molecule has 0 saturated carbocycles. The van der Waals surface area contributed by atoms with Crippen LogP contribution in [-0.4, -0.2) is 32.2 Å². The Kier molecular flexibility index (Phi) is 7.38. The number of hydrogen-bond donors (Lipinski definition) is 2. The van der Waals surface area contributed by atoms with Crippen molar-refractivity contribution in [3.63, 3.8) is 0 Å². The van der Waals surface area contributed by atoms with Crippen LogP contribution in [0.15, 0.2) is 22.7 Å². The average molecular weight is 350 g/mol. The van der Waals surface area contributed by atoms with E-state index in [2.05, 4.69) is 26.6 Å². The normalized spacial score (nSPS) is 12.2. The Hall–Kier alpha value is -0.620. The summed E-state index contributed by atoms with van der Waals surface area (Å²) in [6.45, 7) is 3.38. The third-order valence-electron chi connectivity index (χ3n) is 2.61. The van der Waals surface area contributed by atoms with Gasteiger partial charge >= 0.3 is 0 Å². The van der Waals surface area contributed by atoms with Gasteiger partial charge in [-0.2, -0.15) is 0 Å². The molecule has 4 nitrogen and oxygen atoms in total. The van der Waals surface area contributed by atoms with Crippen molar-refractivity contribution in [1.29, 1.82) is 0 Å². The summed E-state index contributed by atoms with van der Waals surface area (Å²) in [5.74, 6) is -0.0526. The van der Waals surface area contributed by atoms with Crippen molar-refractivity contribution >= 4 is 33.4 Å². The van der Waals surface area contributed by atoms with Crippen LogP contribution in [0.3, 0.4) is 0 Å². The topological polar surface area (TPSA) is 50.4 Å². The summed E-state index contributed by atoms with van der Waals surface area (Å²) in [4.78, 5) is 11.7. The summed E-state index contributed by atoms with van der Waals surface area (Å²) in [6, 6.07) is 5.36. The second-order valence-electron chi connectivity index (χ2n) is 4.12. The number of amides is 1. The molecule has 106 valence electrons. The van der Waals surface area contributed by atoms with Crippen molar-refractivity contribution in [1.82, 2.24) is 10.6 Å². The molecule has 0 saturated heterocycles. The lowest BCUT2D eigenvalue weighted by atomic mass is 10.2. The van der Waals surface area contributed by atoms with Gasteiger partial charge in [0.2, 0.25) is 5.91 Å². The fourth-order valence-electron chi connectivity index (χ4n) is 1.46. The summed E-state index contributed by atoms with van der Waals surface area (Å²) in [5, 5.41) is 6.60. The second-order valence-corrected chi connectivity index (χ2v) is 5.45. The lowest BCUT2D eigenvalue weighted by molar-refractivity contribution is -0.122. The lowest BCUT2D eigenvalue weighted by Gasteiger charge is -2.14. The van der Waals surface area contributed by atoms with Gasteiger partial charge in [-0.25, -0.2) is 0 Å².